The lowest BCUT2D eigenvalue weighted by molar-refractivity contribution is -0.144. The van der Waals surface area contributed by atoms with Crippen LogP contribution in [0, 0.1) is 0 Å². The number of carboxylic acids is 1. The highest BCUT2D eigenvalue weighted by molar-refractivity contribution is 8.17. The first-order valence-electron chi connectivity index (χ1n) is 6.97. The third kappa shape index (κ3) is 3.24. The summed E-state index contributed by atoms with van der Waals surface area (Å²) in [6.45, 7) is 0.470. The second kappa shape index (κ2) is 6.66. The number of aliphatic carboxylic acids is 1. The maximum absolute atomic E-state index is 12.5. The van der Waals surface area contributed by atoms with Gasteiger partial charge in [0.1, 0.15) is 10.8 Å². The van der Waals surface area contributed by atoms with Gasteiger partial charge >= 0.3 is 5.97 Å². The van der Waals surface area contributed by atoms with Gasteiger partial charge in [0.05, 0.1) is 10.1 Å². The molecule has 0 amide bonds. The molecule has 1 fully saturated rings. The largest absolute Gasteiger partial charge is 0.478 e. The van der Waals surface area contributed by atoms with Gasteiger partial charge in [0, 0.05) is 36.6 Å². The van der Waals surface area contributed by atoms with Crippen LogP contribution in [0.3, 0.4) is 0 Å². The minimum atomic E-state index is -1.12. The Bertz CT molecular complexity index is 793. The van der Waals surface area contributed by atoms with Gasteiger partial charge in [0.15, 0.2) is 17.0 Å². The Kier molecular flexibility index (Phi) is 4.76. The van der Waals surface area contributed by atoms with E-state index in [0.29, 0.717) is 23.6 Å². The molecule has 126 valence electrons. The molecule has 1 aromatic carbocycles. The number of carboxylic acid groups (broad SMARTS) is 1. The molecular formula is C15H11Cl2NO5S. The van der Waals surface area contributed by atoms with Crippen molar-refractivity contribution >= 4 is 51.8 Å². The summed E-state index contributed by atoms with van der Waals surface area (Å²) in [4.78, 5) is 34.9. The van der Waals surface area contributed by atoms with Gasteiger partial charge in [-0.2, -0.15) is 0 Å². The fraction of sp³-hybridized carbons (Fsp3) is 0.267. The number of carbonyl (C=O) groups excluding carboxylic acids is 2. The molecule has 6 nitrogen and oxygen atoms in total. The molecule has 1 saturated heterocycles. The minimum Gasteiger partial charge on any atom is -0.478 e. The number of thioether (sulfide) groups is 1. The van der Waals surface area contributed by atoms with Crippen molar-refractivity contribution in [3.8, 4) is 5.75 Å². The van der Waals surface area contributed by atoms with Gasteiger partial charge in [0.25, 0.3) is 0 Å². The average Bonchev–Trinajstić information content (AvgIpc) is 2.95. The average molecular weight is 388 g/mol. The predicted molar refractivity (Wildman–Crippen MR) is 89.8 cm³/mol. The van der Waals surface area contributed by atoms with Gasteiger partial charge in [-0.3, -0.25) is 9.59 Å². The highest BCUT2D eigenvalue weighted by atomic mass is 35.5. The van der Waals surface area contributed by atoms with E-state index < -0.39 is 17.9 Å². The highest BCUT2D eigenvalue weighted by Crippen LogP contribution is 2.42. The Hall–Kier alpha value is -1.70. The molecule has 0 aromatic heterocycles. The van der Waals surface area contributed by atoms with E-state index in [1.807, 2.05) is 0 Å². The molecule has 1 unspecified atom stereocenters. The first-order valence-corrected chi connectivity index (χ1v) is 8.55. The molecule has 3 rings (SSSR count). The summed E-state index contributed by atoms with van der Waals surface area (Å²) in [7, 11) is 0. The first-order chi connectivity index (χ1) is 11.4. The minimum absolute atomic E-state index is 0.00422. The summed E-state index contributed by atoms with van der Waals surface area (Å²) in [6.07, 6.45) is 0.737. The molecule has 0 spiro atoms. The van der Waals surface area contributed by atoms with Gasteiger partial charge in [0.2, 0.25) is 0 Å². The number of nitrogens with one attached hydrogen (secondary N) is 1. The number of hydrogen-bond donors (Lipinski definition) is 2. The zero-order valence-corrected chi connectivity index (χ0v) is 14.4. The van der Waals surface area contributed by atoms with Crippen molar-refractivity contribution in [3.05, 3.63) is 38.3 Å². The Morgan fingerprint density at radius 3 is 2.79 bits per heavy atom. The first kappa shape index (κ1) is 17.1. The van der Waals surface area contributed by atoms with Crippen molar-refractivity contribution in [2.24, 2.45) is 0 Å². The number of fused-ring (bicyclic) bond motifs is 1. The lowest BCUT2D eigenvalue weighted by Gasteiger charge is -2.14. The van der Waals surface area contributed by atoms with Crippen LogP contribution in [0.2, 0.25) is 10.0 Å². The van der Waals surface area contributed by atoms with Gasteiger partial charge in [-0.1, -0.05) is 23.2 Å². The SMILES string of the molecule is O=C1CCNC(=CC(=O)c2cc3c(c(Cl)c2Cl)OC(C(=O)O)C3)S1. The van der Waals surface area contributed by atoms with Crippen molar-refractivity contribution < 1.29 is 24.2 Å². The summed E-state index contributed by atoms with van der Waals surface area (Å²) in [5.41, 5.74) is 0.655. The quantitative estimate of drug-likeness (QED) is 0.608. The molecule has 1 atom stereocenters. The number of ketones is 1. The zero-order valence-electron chi connectivity index (χ0n) is 12.1. The van der Waals surface area contributed by atoms with E-state index in [-0.39, 0.29) is 32.9 Å². The number of ether oxygens (including phenoxy) is 1. The molecule has 9 heteroatoms. The number of hydrogen-bond acceptors (Lipinski definition) is 6. The van der Waals surface area contributed by atoms with E-state index in [1.54, 1.807) is 0 Å². The maximum Gasteiger partial charge on any atom is 0.345 e. The predicted octanol–water partition coefficient (Wildman–Crippen LogP) is 2.66. The van der Waals surface area contributed by atoms with Crippen molar-refractivity contribution in [2.45, 2.75) is 18.9 Å². The van der Waals surface area contributed by atoms with Crippen molar-refractivity contribution in [1.29, 1.82) is 0 Å². The summed E-state index contributed by atoms with van der Waals surface area (Å²) in [6, 6.07) is 1.49. The molecule has 0 bridgehead atoms. The van der Waals surface area contributed by atoms with Gasteiger partial charge in [-0.15, -0.1) is 0 Å². The zero-order chi connectivity index (χ0) is 17.4. The molecule has 2 aliphatic heterocycles. The third-order valence-electron chi connectivity index (χ3n) is 3.56. The monoisotopic (exact) mass is 387 g/mol. The van der Waals surface area contributed by atoms with Gasteiger partial charge in [-0.25, -0.2) is 4.79 Å². The lowest BCUT2D eigenvalue weighted by atomic mass is 10.0. The summed E-state index contributed by atoms with van der Waals surface area (Å²) in [5.74, 6) is -1.35. The molecule has 2 heterocycles. The van der Waals surface area contributed by atoms with Gasteiger partial charge in [-0.05, 0) is 17.8 Å². The molecule has 2 aliphatic rings. The number of rotatable bonds is 3. The van der Waals surface area contributed by atoms with E-state index in [2.05, 4.69) is 5.32 Å². The smallest absolute Gasteiger partial charge is 0.345 e. The molecule has 0 aliphatic carbocycles. The summed E-state index contributed by atoms with van der Waals surface area (Å²) < 4.78 is 5.27. The van der Waals surface area contributed by atoms with Crippen molar-refractivity contribution in [1.82, 2.24) is 5.32 Å². The van der Waals surface area contributed by atoms with E-state index in [9.17, 15) is 14.4 Å². The number of halogens is 2. The van der Waals surface area contributed by atoms with E-state index in [4.69, 9.17) is 33.0 Å². The van der Waals surface area contributed by atoms with Crippen LogP contribution >= 0.6 is 35.0 Å². The summed E-state index contributed by atoms with van der Waals surface area (Å²) >= 11 is 13.2. The van der Waals surface area contributed by atoms with Crippen LogP contribution in [-0.4, -0.2) is 34.6 Å². The Labute approximate surface area is 151 Å². The van der Waals surface area contributed by atoms with Crippen LogP contribution in [0.25, 0.3) is 0 Å². The fourth-order valence-electron chi connectivity index (χ4n) is 2.42. The van der Waals surface area contributed by atoms with Crippen LogP contribution in [0.1, 0.15) is 22.3 Å². The number of allylic oxidation sites excluding steroid dienone is 1. The van der Waals surface area contributed by atoms with E-state index >= 15 is 0 Å². The topological polar surface area (TPSA) is 92.7 Å². The third-order valence-corrected chi connectivity index (χ3v) is 5.32. The van der Waals surface area contributed by atoms with Crippen LogP contribution in [0.5, 0.6) is 5.75 Å². The van der Waals surface area contributed by atoms with Crippen LogP contribution in [0.4, 0.5) is 0 Å². The van der Waals surface area contributed by atoms with E-state index in [1.165, 1.54) is 12.1 Å². The molecule has 0 radical (unpaired) electrons. The van der Waals surface area contributed by atoms with Crippen molar-refractivity contribution in [2.75, 3.05) is 6.54 Å². The summed E-state index contributed by atoms with van der Waals surface area (Å²) in [5, 5.41) is 12.4. The Morgan fingerprint density at radius 2 is 2.12 bits per heavy atom. The Morgan fingerprint density at radius 1 is 1.38 bits per heavy atom. The maximum atomic E-state index is 12.5. The molecule has 2 N–H and O–H groups in total. The lowest BCUT2D eigenvalue weighted by Crippen LogP contribution is -2.24. The fourth-order valence-corrected chi connectivity index (χ4v) is 3.71. The second-order valence-electron chi connectivity index (χ2n) is 5.21. The molecule has 24 heavy (non-hydrogen) atoms. The number of benzene rings is 1. The molecule has 0 saturated carbocycles. The standard InChI is InChI=1S/C15H11Cl2NO5S/c16-12-7(8(19)5-10-18-2-1-11(20)24-10)3-6-4-9(15(21)22)23-14(6)13(12)17/h3,5,9,18H,1-2,4H2,(H,21,22). The van der Waals surface area contributed by atoms with Crippen LogP contribution < -0.4 is 10.1 Å². The van der Waals surface area contributed by atoms with Crippen LogP contribution in [0.15, 0.2) is 17.2 Å². The number of carbonyl (C=O) groups is 3. The molecular weight excluding hydrogens is 377 g/mol. The molecule has 1 aromatic rings. The van der Waals surface area contributed by atoms with Gasteiger partial charge < -0.3 is 15.2 Å². The second-order valence-corrected chi connectivity index (χ2v) is 7.07. The highest BCUT2D eigenvalue weighted by Gasteiger charge is 2.33. The van der Waals surface area contributed by atoms with Crippen LogP contribution in [-0.2, 0) is 16.0 Å². The van der Waals surface area contributed by atoms with E-state index in [0.717, 1.165) is 11.8 Å². The Balaban J connectivity index is 1.92. The van der Waals surface area contributed by atoms with Crippen molar-refractivity contribution in [3.63, 3.8) is 0 Å². The normalized spacial score (nSPS) is 21.2.